The summed E-state index contributed by atoms with van der Waals surface area (Å²) in [7, 11) is 0. The van der Waals surface area contributed by atoms with Crippen LogP contribution in [-0.4, -0.2) is 34.2 Å². The highest BCUT2D eigenvalue weighted by molar-refractivity contribution is 6.30. The normalized spacial score (nSPS) is 11.5. The molecule has 28 heavy (non-hydrogen) atoms. The van der Waals surface area contributed by atoms with Crippen molar-refractivity contribution in [2.45, 2.75) is 19.9 Å². The number of nitrogens with zero attached hydrogens (tertiary/aromatic N) is 4. The van der Waals surface area contributed by atoms with Gasteiger partial charge in [0.1, 0.15) is 11.7 Å². The fourth-order valence-corrected chi connectivity index (χ4v) is 2.64. The number of halogens is 2. The molecule has 146 valence electrons. The zero-order chi connectivity index (χ0) is 19.8. The third kappa shape index (κ3) is 5.94. The number of rotatable bonds is 7. The van der Waals surface area contributed by atoms with Gasteiger partial charge in [0.2, 0.25) is 11.7 Å². The van der Waals surface area contributed by atoms with Crippen molar-refractivity contribution in [1.82, 2.24) is 25.8 Å². The molecule has 0 radical (unpaired) electrons. The zero-order valence-electron chi connectivity index (χ0n) is 15.3. The Bertz CT molecular complexity index is 909. The molecule has 0 atom stereocenters. The van der Waals surface area contributed by atoms with Gasteiger partial charge in [-0.25, -0.2) is 9.98 Å². The first-order valence-corrected chi connectivity index (χ1v) is 9.61. The van der Waals surface area contributed by atoms with E-state index in [4.69, 9.17) is 27.7 Å². The van der Waals surface area contributed by atoms with Crippen LogP contribution in [0.15, 0.2) is 52.1 Å². The molecule has 0 aliphatic heterocycles. The van der Waals surface area contributed by atoms with Crippen molar-refractivity contribution in [3.8, 4) is 11.4 Å². The highest BCUT2D eigenvalue weighted by Crippen LogP contribution is 2.18. The maximum atomic E-state index is 5.90. The Morgan fingerprint density at radius 3 is 2.64 bits per heavy atom. The summed E-state index contributed by atoms with van der Waals surface area (Å²) in [5.41, 5.74) is 1.93. The van der Waals surface area contributed by atoms with E-state index in [0.29, 0.717) is 34.4 Å². The van der Waals surface area contributed by atoms with E-state index in [-0.39, 0.29) is 6.54 Å². The Morgan fingerprint density at radius 1 is 1.11 bits per heavy atom. The van der Waals surface area contributed by atoms with Crippen LogP contribution < -0.4 is 10.6 Å². The summed E-state index contributed by atoms with van der Waals surface area (Å²) in [5, 5.41) is 11.6. The SMILES string of the molecule is CCNC(=NCc1nc(-c2ccc(Cl)cc2)no1)NCCc1ccc(Cl)nc1. The van der Waals surface area contributed by atoms with Gasteiger partial charge in [-0.1, -0.05) is 34.4 Å². The van der Waals surface area contributed by atoms with Gasteiger partial charge in [0.25, 0.3) is 0 Å². The van der Waals surface area contributed by atoms with Gasteiger partial charge >= 0.3 is 0 Å². The van der Waals surface area contributed by atoms with E-state index in [9.17, 15) is 0 Å². The van der Waals surface area contributed by atoms with Crippen LogP contribution in [0.2, 0.25) is 10.2 Å². The minimum Gasteiger partial charge on any atom is -0.357 e. The number of aliphatic imine (C=N–C) groups is 1. The Hall–Kier alpha value is -2.64. The van der Waals surface area contributed by atoms with E-state index >= 15 is 0 Å². The van der Waals surface area contributed by atoms with Crippen molar-refractivity contribution in [3.63, 3.8) is 0 Å². The number of aromatic nitrogens is 3. The first-order chi connectivity index (χ1) is 13.6. The quantitative estimate of drug-likeness (QED) is 0.345. The van der Waals surface area contributed by atoms with Crippen molar-refractivity contribution in [3.05, 3.63) is 64.2 Å². The monoisotopic (exact) mass is 418 g/mol. The minimum atomic E-state index is 0.276. The number of benzene rings is 1. The van der Waals surface area contributed by atoms with Crippen LogP contribution in [0.25, 0.3) is 11.4 Å². The average Bonchev–Trinajstić information content (AvgIpc) is 3.17. The smallest absolute Gasteiger partial charge is 0.248 e. The minimum absolute atomic E-state index is 0.276. The van der Waals surface area contributed by atoms with Crippen LogP contribution >= 0.6 is 23.2 Å². The van der Waals surface area contributed by atoms with E-state index in [1.165, 1.54) is 0 Å². The highest BCUT2D eigenvalue weighted by Gasteiger charge is 2.08. The fraction of sp³-hybridized carbons (Fsp3) is 0.263. The molecule has 9 heteroatoms. The van der Waals surface area contributed by atoms with Crippen molar-refractivity contribution in [1.29, 1.82) is 0 Å². The molecule has 3 aromatic rings. The second-order valence-corrected chi connectivity index (χ2v) is 6.70. The van der Waals surface area contributed by atoms with Crippen molar-refractivity contribution in [2.24, 2.45) is 4.99 Å². The lowest BCUT2D eigenvalue weighted by atomic mass is 10.2. The van der Waals surface area contributed by atoms with E-state index in [1.807, 2.05) is 25.1 Å². The summed E-state index contributed by atoms with van der Waals surface area (Å²) in [5.74, 6) is 1.62. The van der Waals surface area contributed by atoms with Gasteiger partial charge in [0.05, 0.1) is 0 Å². The summed E-state index contributed by atoms with van der Waals surface area (Å²) in [6.45, 7) is 3.73. The summed E-state index contributed by atoms with van der Waals surface area (Å²) in [6, 6.07) is 11.0. The number of guanidine groups is 1. The topological polar surface area (TPSA) is 88.2 Å². The summed E-state index contributed by atoms with van der Waals surface area (Å²) in [6.07, 6.45) is 2.57. The van der Waals surface area contributed by atoms with Gasteiger partial charge in [-0.05, 0) is 49.2 Å². The number of nitrogens with one attached hydrogen (secondary N) is 2. The summed E-state index contributed by atoms with van der Waals surface area (Å²) >= 11 is 11.7. The zero-order valence-corrected chi connectivity index (χ0v) is 16.8. The molecule has 2 N–H and O–H groups in total. The third-order valence-electron chi connectivity index (χ3n) is 3.78. The van der Waals surface area contributed by atoms with Crippen molar-refractivity contribution >= 4 is 29.2 Å². The molecule has 0 saturated heterocycles. The summed E-state index contributed by atoms with van der Waals surface area (Å²) in [4.78, 5) is 12.9. The van der Waals surface area contributed by atoms with Crippen LogP contribution in [0.4, 0.5) is 0 Å². The molecule has 0 saturated carbocycles. The average molecular weight is 419 g/mol. The van der Waals surface area contributed by atoms with E-state index in [0.717, 1.165) is 24.1 Å². The van der Waals surface area contributed by atoms with Gasteiger partial charge in [0.15, 0.2) is 5.96 Å². The first kappa shape index (κ1) is 20.1. The maximum Gasteiger partial charge on any atom is 0.248 e. The third-order valence-corrected chi connectivity index (χ3v) is 4.26. The Labute approximate surface area is 173 Å². The van der Waals surface area contributed by atoms with Crippen molar-refractivity contribution < 1.29 is 4.52 Å². The lowest BCUT2D eigenvalue weighted by Gasteiger charge is -2.10. The van der Waals surface area contributed by atoms with Crippen LogP contribution in [-0.2, 0) is 13.0 Å². The molecule has 0 amide bonds. The molecule has 2 heterocycles. The largest absolute Gasteiger partial charge is 0.357 e. The lowest BCUT2D eigenvalue weighted by molar-refractivity contribution is 0.380. The Morgan fingerprint density at radius 2 is 1.93 bits per heavy atom. The van der Waals surface area contributed by atoms with Gasteiger partial charge < -0.3 is 15.2 Å². The molecular weight excluding hydrogens is 399 g/mol. The highest BCUT2D eigenvalue weighted by atomic mass is 35.5. The predicted molar refractivity (Wildman–Crippen MR) is 111 cm³/mol. The molecule has 0 spiro atoms. The van der Waals surface area contributed by atoms with Crippen LogP contribution in [0.1, 0.15) is 18.4 Å². The molecule has 3 rings (SSSR count). The van der Waals surface area contributed by atoms with E-state index in [1.54, 1.807) is 24.4 Å². The second kappa shape index (κ2) is 10.1. The molecular formula is C19H20Cl2N6O. The lowest BCUT2D eigenvalue weighted by Crippen LogP contribution is -2.38. The van der Waals surface area contributed by atoms with Gasteiger partial charge in [0, 0.05) is 29.9 Å². The van der Waals surface area contributed by atoms with Gasteiger partial charge in [-0.15, -0.1) is 0 Å². The molecule has 0 aliphatic rings. The Balaban J connectivity index is 1.56. The number of hydrogen-bond donors (Lipinski definition) is 2. The van der Waals surface area contributed by atoms with Crippen molar-refractivity contribution in [2.75, 3.05) is 13.1 Å². The first-order valence-electron chi connectivity index (χ1n) is 8.85. The molecule has 0 bridgehead atoms. The molecule has 7 nitrogen and oxygen atoms in total. The molecule has 0 fully saturated rings. The van der Waals surface area contributed by atoms with Crippen LogP contribution in [0.3, 0.4) is 0 Å². The van der Waals surface area contributed by atoms with Gasteiger partial charge in [-0.2, -0.15) is 4.98 Å². The Kier molecular flexibility index (Phi) is 7.22. The molecule has 1 aromatic carbocycles. The van der Waals surface area contributed by atoms with Gasteiger partial charge in [-0.3, -0.25) is 0 Å². The maximum absolute atomic E-state index is 5.90. The predicted octanol–water partition coefficient (Wildman–Crippen LogP) is 3.74. The number of pyridine rings is 1. The van der Waals surface area contributed by atoms with E-state index in [2.05, 4.69) is 30.8 Å². The standard InChI is InChI=1S/C19H20Cl2N6O/c1-2-22-19(23-10-9-13-3-8-16(21)24-11-13)25-12-17-26-18(27-28-17)14-4-6-15(20)7-5-14/h3-8,11H,2,9-10,12H2,1H3,(H2,22,23,25). The number of hydrogen-bond acceptors (Lipinski definition) is 5. The summed E-state index contributed by atoms with van der Waals surface area (Å²) < 4.78 is 5.29. The molecule has 0 unspecified atom stereocenters. The molecule has 0 aliphatic carbocycles. The fourth-order valence-electron chi connectivity index (χ4n) is 2.40. The molecule has 2 aromatic heterocycles. The van der Waals surface area contributed by atoms with Crippen LogP contribution in [0.5, 0.6) is 0 Å². The van der Waals surface area contributed by atoms with Crippen LogP contribution in [0, 0.1) is 0 Å². The second-order valence-electron chi connectivity index (χ2n) is 5.88. The van der Waals surface area contributed by atoms with E-state index < -0.39 is 0 Å².